The van der Waals surface area contributed by atoms with Crippen LogP contribution in [0.15, 0.2) is 17.0 Å². The van der Waals surface area contributed by atoms with Crippen LogP contribution in [0.1, 0.15) is 38.8 Å². The molecule has 0 aromatic heterocycles. The van der Waals surface area contributed by atoms with Crippen molar-refractivity contribution >= 4 is 10.0 Å². The van der Waals surface area contributed by atoms with Crippen LogP contribution >= 0.6 is 0 Å². The largest absolute Gasteiger partial charge is 0.310 e. The van der Waals surface area contributed by atoms with Crippen molar-refractivity contribution in [1.29, 1.82) is 0 Å². The van der Waals surface area contributed by atoms with Crippen molar-refractivity contribution in [3.63, 3.8) is 0 Å². The third-order valence-corrected chi connectivity index (χ3v) is 5.42. The van der Waals surface area contributed by atoms with Crippen molar-refractivity contribution in [2.75, 3.05) is 7.05 Å². The Bertz CT molecular complexity index is 598. The first-order valence-corrected chi connectivity index (χ1v) is 8.51. The molecule has 0 atom stereocenters. The van der Waals surface area contributed by atoms with Crippen LogP contribution < -0.4 is 5.32 Å². The molecule has 0 saturated carbocycles. The summed E-state index contributed by atoms with van der Waals surface area (Å²) in [5.74, 6) is -0.352. The van der Waals surface area contributed by atoms with E-state index in [0.29, 0.717) is 17.7 Å². The van der Waals surface area contributed by atoms with Crippen LogP contribution in [0.4, 0.5) is 4.39 Å². The van der Waals surface area contributed by atoms with Gasteiger partial charge in [-0.2, -0.15) is 4.31 Å². The Balaban J connectivity index is 3.26. The lowest BCUT2D eigenvalue weighted by molar-refractivity contribution is 0.410. The van der Waals surface area contributed by atoms with Crippen LogP contribution in [0.3, 0.4) is 0 Å². The maximum Gasteiger partial charge on any atom is 0.243 e. The lowest BCUT2D eigenvalue weighted by atomic mass is 10.1. The van der Waals surface area contributed by atoms with Crippen LogP contribution in [-0.4, -0.2) is 31.9 Å². The van der Waals surface area contributed by atoms with Crippen LogP contribution in [0, 0.1) is 12.7 Å². The van der Waals surface area contributed by atoms with Crippen molar-refractivity contribution in [3.8, 4) is 0 Å². The molecule has 4 nitrogen and oxygen atoms in total. The van der Waals surface area contributed by atoms with E-state index in [4.69, 9.17) is 0 Å². The second kappa shape index (κ2) is 6.85. The molecule has 21 heavy (non-hydrogen) atoms. The predicted molar refractivity (Wildman–Crippen MR) is 83.2 cm³/mol. The average Bonchev–Trinajstić information content (AvgIpc) is 2.38. The lowest BCUT2D eigenvalue weighted by Crippen LogP contribution is -2.33. The Morgan fingerprint density at radius 3 is 2.29 bits per heavy atom. The molecular weight excluding hydrogens is 291 g/mol. The molecule has 0 heterocycles. The zero-order valence-corrected chi connectivity index (χ0v) is 14.4. The van der Waals surface area contributed by atoms with E-state index in [1.807, 2.05) is 13.8 Å². The first kappa shape index (κ1) is 18.1. The van der Waals surface area contributed by atoms with E-state index in [1.165, 1.54) is 23.5 Å². The van der Waals surface area contributed by atoms with E-state index < -0.39 is 10.0 Å². The summed E-state index contributed by atoms with van der Waals surface area (Å²) in [4.78, 5) is 0.137. The number of rotatable bonds is 6. The van der Waals surface area contributed by atoms with Gasteiger partial charge in [0.1, 0.15) is 5.82 Å². The summed E-state index contributed by atoms with van der Waals surface area (Å²) >= 11 is 0. The highest BCUT2D eigenvalue weighted by Gasteiger charge is 2.25. The number of nitrogens with zero attached hydrogens (tertiary/aromatic N) is 1. The molecule has 1 aromatic rings. The summed E-state index contributed by atoms with van der Waals surface area (Å²) in [6.45, 7) is 9.40. The molecule has 120 valence electrons. The van der Waals surface area contributed by atoms with Gasteiger partial charge < -0.3 is 5.32 Å². The molecule has 0 aliphatic carbocycles. The molecular formula is C15H25FN2O2S. The number of sulfonamides is 1. The van der Waals surface area contributed by atoms with Gasteiger partial charge in [-0.15, -0.1) is 0 Å². The summed E-state index contributed by atoms with van der Waals surface area (Å²) < 4.78 is 40.4. The average molecular weight is 316 g/mol. The smallest absolute Gasteiger partial charge is 0.243 e. The van der Waals surface area contributed by atoms with Crippen LogP contribution in [0.25, 0.3) is 0 Å². The fraction of sp³-hybridized carbons (Fsp3) is 0.600. The molecule has 0 bridgehead atoms. The minimum atomic E-state index is -3.60. The Labute approximate surface area is 127 Å². The summed E-state index contributed by atoms with van der Waals surface area (Å²) in [6.07, 6.45) is 0. The van der Waals surface area contributed by atoms with Gasteiger partial charge in [-0.1, -0.05) is 13.8 Å². The van der Waals surface area contributed by atoms with Crippen LogP contribution in [0.5, 0.6) is 0 Å². The molecule has 1 rings (SSSR count). The SMILES string of the molecule is Cc1cc(S(=O)(=O)N(C)C(C)C)cc(CNC(C)C)c1F. The minimum absolute atomic E-state index is 0.137. The number of aryl methyl sites for hydroxylation is 1. The Morgan fingerprint density at radius 1 is 1.24 bits per heavy atom. The van der Waals surface area contributed by atoms with E-state index in [1.54, 1.807) is 20.8 Å². The van der Waals surface area contributed by atoms with Gasteiger partial charge in [-0.05, 0) is 38.5 Å². The maximum atomic E-state index is 14.1. The van der Waals surface area contributed by atoms with E-state index in [9.17, 15) is 12.8 Å². The molecule has 0 fully saturated rings. The monoisotopic (exact) mass is 316 g/mol. The van der Waals surface area contributed by atoms with Crippen LogP contribution in [-0.2, 0) is 16.6 Å². The van der Waals surface area contributed by atoms with Gasteiger partial charge in [0, 0.05) is 31.2 Å². The Morgan fingerprint density at radius 2 is 1.81 bits per heavy atom. The Hall–Kier alpha value is -0.980. The van der Waals surface area contributed by atoms with Gasteiger partial charge in [-0.25, -0.2) is 12.8 Å². The van der Waals surface area contributed by atoms with Gasteiger partial charge in [0.15, 0.2) is 0 Å². The summed E-state index contributed by atoms with van der Waals surface area (Å²) in [6, 6.07) is 2.86. The van der Waals surface area contributed by atoms with Crippen molar-refractivity contribution in [2.45, 2.75) is 58.1 Å². The minimum Gasteiger partial charge on any atom is -0.310 e. The zero-order valence-electron chi connectivity index (χ0n) is 13.6. The van der Waals surface area contributed by atoms with Crippen molar-refractivity contribution in [3.05, 3.63) is 29.1 Å². The van der Waals surface area contributed by atoms with Gasteiger partial charge in [0.05, 0.1) is 4.90 Å². The molecule has 0 amide bonds. The first-order valence-electron chi connectivity index (χ1n) is 7.07. The molecule has 0 aliphatic rings. The Kier molecular flexibility index (Phi) is 5.90. The standard InChI is InChI=1S/C15H25FN2O2S/c1-10(2)17-9-13-8-14(7-12(5)15(13)16)21(19,20)18(6)11(3)4/h7-8,10-11,17H,9H2,1-6H3. The predicted octanol–water partition coefficient (Wildman–Crippen LogP) is 2.66. The highest BCUT2D eigenvalue weighted by atomic mass is 32.2. The second-order valence-corrected chi connectivity index (χ2v) is 7.86. The molecule has 0 spiro atoms. The van der Waals surface area contributed by atoms with Gasteiger partial charge in [0.2, 0.25) is 10.0 Å². The van der Waals surface area contributed by atoms with Crippen molar-refractivity contribution in [2.24, 2.45) is 0 Å². The first-order chi connectivity index (χ1) is 9.57. The fourth-order valence-corrected chi connectivity index (χ4v) is 3.35. The summed E-state index contributed by atoms with van der Waals surface area (Å²) in [5, 5.41) is 3.11. The van der Waals surface area contributed by atoms with Gasteiger partial charge in [-0.3, -0.25) is 0 Å². The van der Waals surface area contributed by atoms with E-state index in [2.05, 4.69) is 5.32 Å². The number of hydrogen-bond acceptors (Lipinski definition) is 3. The second-order valence-electron chi connectivity index (χ2n) is 5.86. The lowest BCUT2D eigenvalue weighted by Gasteiger charge is -2.22. The number of benzene rings is 1. The van der Waals surface area contributed by atoms with E-state index in [0.717, 1.165) is 0 Å². The molecule has 0 saturated heterocycles. The highest BCUT2D eigenvalue weighted by molar-refractivity contribution is 7.89. The van der Waals surface area contributed by atoms with Crippen molar-refractivity contribution < 1.29 is 12.8 Å². The fourth-order valence-electron chi connectivity index (χ4n) is 1.84. The van der Waals surface area contributed by atoms with Crippen molar-refractivity contribution in [1.82, 2.24) is 9.62 Å². The normalized spacial score (nSPS) is 12.7. The topological polar surface area (TPSA) is 49.4 Å². The van der Waals surface area contributed by atoms with Crippen LogP contribution in [0.2, 0.25) is 0 Å². The van der Waals surface area contributed by atoms with E-state index in [-0.39, 0.29) is 22.8 Å². The molecule has 0 aliphatic heterocycles. The number of hydrogen-bond donors (Lipinski definition) is 1. The van der Waals surface area contributed by atoms with Gasteiger partial charge in [0.25, 0.3) is 0 Å². The molecule has 0 radical (unpaired) electrons. The van der Waals surface area contributed by atoms with Gasteiger partial charge >= 0.3 is 0 Å². The third kappa shape index (κ3) is 4.25. The molecule has 1 N–H and O–H groups in total. The number of nitrogens with one attached hydrogen (secondary N) is 1. The summed E-state index contributed by atoms with van der Waals surface area (Å²) in [7, 11) is -2.07. The highest BCUT2D eigenvalue weighted by Crippen LogP contribution is 2.22. The molecule has 1 aromatic carbocycles. The third-order valence-electron chi connectivity index (χ3n) is 3.41. The maximum absolute atomic E-state index is 14.1. The molecule has 0 unspecified atom stereocenters. The number of halogens is 1. The quantitative estimate of drug-likeness (QED) is 0.878. The summed E-state index contributed by atoms with van der Waals surface area (Å²) in [5.41, 5.74) is 0.716. The zero-order chi connectivity index (χ0) is 16.4. The van der Waals surface area contributed by atoms with E-state index >= 15 is 0 Å². The molecule has 6 heteroatoms.